The quantitative estimate of drug-likeness (QED) is 0.540. The molecule has 174 valence electrons. The second kappa shape index (κ2) is 9.49. The smallest absolute Gasteiger partial charge is 0.360 e. The standard InChI is InChI=1S/C22H25FN6O4/c1-13(2)33-22(32)19-18(23)21(25-14-6-5-8-28(11-14)17(31)12-30)27-20(26-19)15-10-24-29-9-4-3-7-16(15)29/h3-4,7,9-10,13-14,30H,5-6,8,11-12H2,1-2H3,(H,25,26,27)/t14-/m1/s1. The van der Waals surface area contributed by atoms with Crippen molar-refractivity contribution in [2.45, 2.75) is 38.8 Å². The lowest BCUT2D eigenvalue weighted by Crippen LogP contribution is -2.46. The van der Waals surface area contributed by atoms with Crippen LogP contribution >= 0.6 is 0 Å². The summed E-state index contributed by atoms with van der Waals surface area (Å²) in [5.41, 5.74) is 0.735. The number of hydrogen-bond donors (Lipinski definition) is 2. The van der Waals surface area contributed by atoms with Gasteiger partial charge in [-0.05, 0) is 38.8 Å². The molecule has 10 nitrogen and oxygen atoms in total. The third kappa shape index (κ3) is 4.77. The Bertz CT molecular complexity index is 1180. The van der Waals surface area contributed by atoms with E-state index < -0.39 is 36.1 Å². The number of nitrogens with zero attached hydrogens (tertiary/aromatic N) is 5. The average molecular weight is 456 g/mol. The van der Waals surface area contributed by atoms with E-state index in [-0.39, 0.29) is 24.2 Å². The van der Waals surface area contributed by atoms with Crippen LogP contribution in [0.5, 0.6) is 0 Å². The molecule has 1 atom stereocenters. The van der Waals surface area contributed by atoms with Gasteiger partial charge in [-0.25, -0.2) is 23.7 Å². The molecule has 0 aromatic carbocycles. The summed E-state index contributed by atoms with van der Waals surface area (Å²) in [6.07, 6.45) is 4.19. The fourth-order valence-corrected chi connectivity index (χ4v) is 3.79. The summed E-state index contributed by atoms with van der Waals surface area (Å²) in [4.78, 5) is 34.5. The maximum absolute atomic E-state index is 15.4. The van der Waals surface area contributed by atoms with Gasteiger partial charge in [0, 0.05) is 25.3 Å². The number of aliphatic hydroxyl groups excluding tert-OH is 1. The largest absolute Gasteiger partial charge is 0.458 e. The molecule has 0 saturated carbocycles. The summed E-state index contributed by atoms with van der Waals surface area (Å²) in [7, 11) is 0. The van der Waals surface area contributed by atoms with Crippen molar-refractivity contribution in [3.63, 3.8) is 0 Å². The number of piperidine rings is 1. The van der Waals surface area contributed by atoms with Gasteiger partial charge in [0.1, 0.15) is 6.61 Å². The summed E-state index contributed by atoms with van der Waals surface area (Å²) in [5, 5.41) is 16.4. The first-order valence-corrected chi connectivity index (χ1v) is 10.7. The Balaban J connectivity index is 1.73. The number of esters is 1. The van der Waals surface area contributed by atoms with Gasteiger partial charge in [0.05, 0.1) is 23.4 Å². The van der Waals surface area contributed by atoms with Gasteiger partial charge >= 0.3 is 5.97 Å². The monoisotopic (exact) mass is 456 g/mol. The number of rotatable bonds is 6. The van der Waals surface area contributed by atoms with E-state index in [0.29, 0.717) is 30.5 Å². The van der Waals surface area contributed by atoms with Crippen LogP contribution in [0.4, 0.5) is 10.2 Å². The number of nitrogens with one attached hydrogen (secondary N) is 1. The van der Waals surface area contributed by atoms with Crippen molar-refractivity contribution in [2.24, 2.45) is 0 Å². The number of aliphatic hydroxyl groups is 1. The minimum atomic E-state index is -0.925. The van der Waals surface area contributed by atoms with Crippen molar-refractivity contribution in [2.75, 3.05) is 25.0 Å². The van der Waals surface area contributed by atoms with Crippen LogP contribution in [-0.4, -0.2) is 73.3 Å². The number of hydrogen-bond acceptors (Lipinski definition) is 8. The van der Waals surface area contributed by atoms with Crippen molar-refractivity contribution in [1.82, 2.24) is 24.5 Å². The maximum atomic E-state index is 15.4. The fourth-order valence-electron chi connectivity index (χ4n) is 3.79. The number of ether oxygens (including phenoxy) is 1. The molecule has 11 heteroatoms. The summed E-state index contributed by atoms with van der Waals surface area (Å²) in [6, 6.07) is 5.14. The third-order valence-electron chi connectivity index (χ3n) is 5.30. The first-order chi connectivity index (χ1) is 15.9. The fraction of sp³-hybridized carbons (Fsp3) is 0.409. The van der Waals surface area contributed by atoms with Crippen LogP contribution in [0.25, 0.3) is 16.9 Å². The van der Waals surface area contributed by atoms with E-state index in [1.165, 1.54) is 4.90 Å². The van der Waals surface area contributed by atoms with Crippen molar-refractivity contribution in [3.05, 3.63) is 42.1 Å². The first kappa shape index (κ1) is 22.6. The number of aromatic nitrogens is 4. The number of likely N-dealkylation sites (tertiary alicyclic amines) is 1. The molecular weight excluding hydrogens is 431 g/mol. The minimum absolute atomic E-state index is 0.120. The van der Waals surface area contributed by atoms with Crippen molar-refractivity contribution in [1.29, 1.82) is 0 Å². The molecule has 0 spiro atoms. The van der Waals surface area contributed by atoms with Crippen LogP contribution in [-0.2, 0) is 9.53 Å². The van der Waals surface area contributed by atoms with Gasteiger partial charge in [0.25, 0.3) is 0 Å². The van der Waals surface area contributed by atoms with Crippen molar-refractivity contribution in [3.8, 4) is 11.4 Å². The van der Waals surface area contributed by atoms with E-state index in [9.17, 15) is 9.59 Å². The molecule has 0 radical (unpaired) electrons. The van der Waals surface area contributed by atoms with Gasteiger partial charge in [-0.15, -0.1) is 0 Å². The van der Waals surface area contributed by atoms with Gasteiger partial charge in [-0.1, -0.05) is 6.07 Å². The predicted molar refractivity (Wildman–Crippen MR) is 117 cm³/mol. The molecule has 0 unspecified atom stereocenters. The summed E-state index contributed by atoms with van der Waals surface area (Å²) in [6.45, 7) is 3.54. The molecule has 0 bridgehead atoms. The van der Waals surface area contributed by atoms with Crippen LogP contribution in [0.1, 0.15) is 37.2 Å². The van der Waals surface area contributed by atoms with Crippen LogP contribution in [0.3, 0.4) is 0 Å². The van der Waals surface area contributed by atoms with E-state index in [1.54, 1.807) is 30.8 Å². The number of carbonyl (C=O) groups excluding carboxylic acids is 2. The topological polar surface area (TPSA) is 122 Å². The Morgan fingerprint density at radius 1 is 1.33 bits per heavy atom. The zero-order valence-corrected chi connectivity index (χ0v) is 18.4. The average Bonchev–Trinajstić information content (AvgIpc) is 3.24. The molecule has 1 saturated heterocycles. The molecule has 33 heavy (non-hydrogen) atoms. The molecule has 3 aromatic heterocycles. The first-order valence-electron chi connectivity index (χ1n) is 10.7. The molecule has 2 N–H and O–H groups in total. The molecule has 1 aliphatic rings. The molecule has 1 aliphatic heterocycles. The molecule has 0 aliphatic carbocycles. The van der Waals surface area contributed by atoms with Crippen LogP contribution in [0.2, 0.25) is 0 Å². The Labute approximate surface area is 189 Å². The highest BCUT2D eigenvalue weighted by Crippen LogP contribution is 2.27. The van der Waals surface area contributed by atoms with E-state index in [1.807, 2.05) is 18.2 Å². The van der Waals surface area contributed by atoms with Crippen molar-refractivity contribution >= 4 is 23.2 Å². The maximum Gasteiger partial charge on any atom is 0.360 e. The van der Waals surface area contributed by atoms with Gasteiger partial charge in [-0.2, -0.15) is 5.10 Å². The Morgan fingerprint density at radius 3 is 2.91 bits per heavy atom. The molecular formula is C22H25FN6O4. The molecule has 3 aromatic rings. The number of pyridine rings is 1. The van der Waals surface area contributed by atoms with Gasteiger partial charge in [0.15, 0.2) is 23.2 Å². The highest BCUT2D eigenvalue weighted by atomic mass is 19.1. The highest BCUT2D eigenvalue weighted by molar-refractivity contribution is 5.90. The Kier molecular flexibility index (Phi) is 6.50. The predicted octanol–water partition coefficient (Wildman–Crippen LogP) is 1.89. The van der Waals surface area contributed by atoms with Crippen LogP contribution < -0.4 is 5.32 Å². The van der Waals surface area contributed by atoms with Gasteiger partial charge < -0.3 is 20.1 Å². The van der Waals surface area contributed by atoms with Gasteiger partial charge in [0.2, 0.25) is 5.91 Å². The SMILES string of the molecule is CC(C)OC(=O)c1nc(-c2cnn3ccccc23)nc(N[C@@H]2CCCN(C(=O)CO)C2)c1F. The van der Waals surface area contributed by atoms with E-state index in [4.69, 9.17) is 9.84 Å². The lowest BCUT2D eigenvalue weighted by molar-refractivity contribution is -0.135. The number of halogens is 1. The summed E-state index contributed by atoms with van der Waals surface area (Å²) < 4.78 is 22.2. The third-order valence-corrected chi connectivity index (χ3v) is 5.30. The zero-order valence-electron chi connectivity index (χ0n) is 18.4. The number of carbonyl (C=O) groups is 2. The molecule has 1 fully saturated rings. The van der Waals surface area contributed by atoms with Crippen molar-refractivity contribution < 1.29 is 23.8 Å². The Morgan fingerprint density at radius 2 is 2.15 bits per heavy atom. The summed E-state index contributed by atoms with van der Waals surface area (Å²) >= 11 is 0. The van der Waals surface area contributed by atoms with E-state index in [0.717, 1.165) is 0 Å². The number of amides is 1. The van der Waals surface area contributed by atoms with Crippen LogP contribution in [0.15, 0.2) is 30.6 Å². The lowest BCUT2D eigenvalue weighted by Gasteiger charge is -2.33. The second-order valence-electron chi connectivity index (χ2n) is 8.08. The van der Waals surface area contributed by atoms with E-state index >= 15 is 4.39 Å². The Hall–Kier alpha value is -3.60. The normalized spacial score (nSPS) is 16.3. The highest BCUT2D eigenvalue weighted by Gasteiger charge is 2.28. The summed E-state index contributed by atoms with van der Waals surface area (Å²) in [5.74, 6) is -2.25. The minimum Gasteiger partial charge on any atom is -0.458 e. The molecule has 4 heterocycles. The zero-order chi connectivity index (χ0) is 23.5. The molecule has 4 rings (SSSR count). The van der Waals surface area contributed by atoms with E-state index in [2.05, 4.69) is 20.4 Å². The lowest BCUT2D eigenvalue weighted by atomic mass is 10.1. The van der Waals surface area contributed by atoms with Crippen LogP contribution in [0, 0.1) is 5.82 Å². The number of anilines is 1. The second-order valence-corrected chi connectivity index (χ2v) is 8.08. The van der Waals surface area contributed by atoms with Gasteiger partial charge in [-0.3, -0.25) is 4.79 Å². The number of fused-ring (bicyclic) bond motifs is 1. The molecule has 1 amide bonds.